The van der Waals surface area contributed by atoms with Crippen LogP contribution in [0.2, 0.25) is 0 Å². The van der Waals surface area contributed by atoms with Gasteiger partial charge in [-0.05, 0) is 127 Å². The molecule has 1 saturated heterocycles. The van der Waals surface area contributed by atoms with E-state index in [9.17, 15) is 14.4 Å². The zero-order valence-corrected chi connectivity index (χ0v) is 37.4. The average molecular weight is 787 g/mol. The van der Waals surface area contributed by atoms with Crippen LogP contribution in [0.4, 0.5) is 4.79 Å². The summed E-state index contributed by atoms with van der Waals surface area (Å²) in [6.07, 6.45) is 17.3. The second-order valence-electron chi connectivity index (χ2n) is 17.9. The lowest BCUT2D eigenvalue weighted by molar-refractivity contribution is -0.147. The van der Waals surface area contributed by atoms with E-state index in [1.54, 1.807) is 0 Å². The number of piperidine rings is 1. The zero-order valence-electron chi connectivity index (χ0n) is 36.6. The van der Waals surface area contributed by atoms with E-state index < -0.39 is 5.97 Å². The second kappa shape index (κ2) is 23.8. The number of esters is 2. The van der Waals surface area contributed by atoms with Crippen molar-refractivity contribution in [2.24, 2.45) is 23.7 Å². The highest BCUT2D eigenvalue weighted by Gasteiger charge is 2.35. The van der Waals surface area contributed by atoms with Crippen LogP contribution in [-0.2, 0) is 20.7 Å². The van der Waals surface area contributed by atoms with Crippen molar-refractivity contribution in [2.75, 3.05) is 46.1 Å². The average Bonchev–Trinajstić information content (AvgIpc) is 3.14. The molecule has 0 saturated carbocycles. The molecule has 1 aromatic rings. The molecule has 2 aliphatic heterocycles. The Hall–Kier alpha value is -2.26. The zero-order chi connectivity index (χ0) is 40.5. The highest BCUT2D eigenvalue weighted by molar-refractivity contribution is 8.13. The minimum atomic E-state index is -0.422. The maximum Gasteiger partial charge on any atom is 0.311 e. The maximum absolute atomic E-state index is 13.0. The molecule has 314 valence electrons. The first-order valence-corrected chi connectivity index (χ1v) is 22.8. The van der Waals surface area contributed by atoms with Gasteiger partial charge in [-0.2, -0.15) is 0 Å². The fourth-order valence-corrected chi connectivity index (χ4v) is 9.15. The Labute approximate surface area is 339 Å². The van der Waals surface area contributed by atoms with E-state index in [2.05, 4.69) is 46.4 Å². The third-order valence-electron chi connectivity index (χ3n) is 12.6. The first-order chi connectivity index (χ1) is 26.1. The molecule has 9 heteroatoms. The standard InChI is InChI=1S/C46H78N2O6S/c1-11-33(2)15-12-16-34(3)17-13-18-35(4)19-14-26-46(8)27-22-40-38(7)43(36(5)37(6)44(40)54-46)53-42(50)21-20-41(49)52-31-25-39-23-28-48(29-24-39)45(51)55-32-30-47(9)10/h33-35,39H,11-32H2,1-10H3. The van der Waals surface area contributed by atoms with Crippen LogP contribution < -0.4 is 9.47 Å². The number of fused-ring (bicyclic) bond motifs is 1. The number of thioether (sulfide) groups is 1. The molecule has 2 aliphatic rings. The van der Waals surface area contributed by atoms with E-state index in [1.807, 2.05) is 32.8 Å². The van der Waals surface area contributed by atoms with Crippen LogP contribution in [-0.4, -0.2) is 78.7 Å². The molecule has 1 aromatic carbocycles. The lowest BCUT2D eigenvalue weighted by Crippen LogP contribution is -2.37. The van der Waals surface area contributed by atoms with Gasteiger partial charge in [-0.15, -0.1) is 0 Å². The number of likely N-dealkylation sites (tertiary alicyclic amines) is 1. The summed E-state index contributed by atoms with van der Waals surface area (Å²) < 4.78 is 18.2. The minimum absolute atomic E-state index is 0.00427. The fraction of sp³-hybridized carbons (Fsp3) is 0.804. The van der Waals surface area contributed by atoms with Crippen molar-refractivity contribution < 1.29 is 28.6 Å². The van der Waals surface area contributed by atoms with E-state index in [-0.39, 0.29) is 29.7 Å². The molecule has 1 amide bonds. The van der Waals surface area contributed by atoms with Gasteiger partial charge < -0.3 is 24.0 Å². The van der Waals surface area contributed by atoms with Crippen molar-refractivity contribution in [2.45, 2.75) is 170 Å². The Bertz CT molecular complexity index is 1360. The van der Waals surface area contributed by atoms with Crippen LogP contribution in [0.5, 0.6) is 11.5 Å². The number of carbonyl (C=O) groups is 3. The quantitative estimate of drug-likeness (QED) is 0.0801. The minimum Gasteiger partial charge on any atom is -0.487 e. The first-order valence-electron chi connectivity index (χ1n) is 21.9. The number of hydrogen-bond donors (Lipinski definition) is 0. The molecule has 8 nitrogen and oxygen atoms in total. The topological polar surface area (TPSA) is 85.4 Å². The van der Waals surface area contributed by atoms with Gasteiger partial charge in [0, 0.05) is 31.0 Å². The van der Waals surface area contributed by atoms with Gasteiger partial charge in [0.05, 0.1) is 19.4 Å². The third-order valence-corrected chi connectivity index (χ3v) is 13.5. The van der Waals surface area contributed by atoms with Gasteiger partial charge >= 0.3 is 11.9 Å². The molecule has 55 heavy (non-hydrogen) atoms. The Balaban J connectivity index is 1.36. The lowest BCUT2D eigenvalue weighted by Gasteiger charge is -2.38. The fourth-order valence-electron chi connectivity index (χ4n) is 8.15. The lowest BCUT2D eigenvalue weighted by atomic mass is 9.83. The summed E-state index contributed by atoms with van der Waals surface area (Å²) in [4.78, 5) is 41.9. The Morgan fingerprint density at radius 3 is 2.09 bits per heavy atom. The molecule has 0 N–H and O–H groups in total. The van der Waals surface area contributed by atoms with Crippen molar-refractivity contribution in [1.29, 1.82) is 0 Å². The summed E-state index contributed by atoms with van der Waals surface area (Å²) in [6, 6.07) is 0. The van der Waals surface area contributed by atoms with E-state index in [0.29, 0.717) is 18.3 Å². The molecule has 2 heterocycles. The van der Waals surface area contributed by atoms with Crippen LogP contribution in [0, 0.1) is 44.4 Å². The molecule has 0 aromatic heterocycles. The van der Waals surface area contributed by atoms with Gasteiger partial charge in [-0.3, -0.25) is 14.4 Å². The maximum atomic E-state index is 13.0. The van der Waals surface area contributed by atoms with Crippen LogP contribution in [0.25, 0.3) is 0 Å². The van der Waals surface area contributed by atoms with Gasteiger partial charge in [0.2, 0.25) is 0 Å². The summed E-state index contributed by atoms with van der Waals surface area (Å²) in [7, 11) is 4.02. The van der Waals surface area contributed by atoms with E-state index in [4.69, 9.17) is 14.2 Å². The van der Waals surface area contributed by atoms with Crippen LogP contribution in [0.3, 0.4) is 0 Å². The van der Waals surface area contributed by atoms with Crippen molar-refractivity contribution in [1.82, 2.24) is 9.80 Å². The number of benzene rings is 1. The van der Waals surface area contributed by atoms with Gasteiger partial charge in [0.15, 0.2) is 0 Å². The van der Waals surface area contributed by atoms with Crippen molar-refractivity contribution in [3.05, 3.63) is 22.3 Å². The monoisotopic (exact) mass is 787 g/mol. The van der Waals surface area contributed by atoms with Gasteiger partial charge in [-0.25, -0.2) is 0 Å². The van der Waals surface area contributed by atoms with Crippen LogP contribution in [0.1, 0.15) is 160 Å². The normalized spacial score (nSPS) is 19.1. The summed E-state index contributed by atoms with van der Waals surface area (Å²) >= 11 is 1.39. The largest absolute Gasteiger partial charge is 0.487 e. The highest BCUT2D eigenvalue weighted by atomic mass is 32.2. The second-order valence-corrected chi connectivity index (χ2v) is 18.9. The highest BCUT2D eigenvalue weighted by Crippen LogP contribution is 2.45. The molecule has 0 bridgehead atoms. The number of amides is 1. The Kier molecular flexibility index (Phi) is 20.4. The van der Waals surface area contributed by atoms with Gasteiger partial charge in [0.1, 0.15) is 17.1 Å². The van der Waals surface area contributed by atoms with Crippen LogP contribution in [0.15, 0.2) is 0 Å². The Morgan fingerprint density at radius 1 is 0.873 bits per heavy atom. The molecule has 3 rings (SSSR count). The summed E-state index contributed by atoms with van der Waals surface area (Å²) in [6.45, 7) is 20.6. The van der Waals surface area contributed by atoms with Crippen molar-refractivity contribution in [3.8, 4) is 11.5 Å². The summed E-state index contributed by atoms with van der Waals surface area (Å²) in [5.41, 5.74) is 3.84. The molecular weight excluding hydrogens is 709 g/mol. The van der Waals surface area contributed by atoms with E-state index >= 15 is 0 Å². The van der Waals surface area contributed by atoms with Crippen molar-refractivity contribution >= 4 is 28.9 Å². The van der Waals surface area contributed by atoms with E-state index in [1.165, 1.54) is 69.5 Å². The predicted octanol–water partition coefficient (Wildman–Crippen LogP) is 11.3. The summed E-state index contributed by atoms with van der Waals surface area (Å²) in [5, 5.41) is 0.158. The smallest absolute Gasteiger partial charge is 0.311 e. The third kappa shape index (κ3) is 16.3. The number of carbonyl (C=O) groups excluding carboxylic acids is 3. The molecule has 0 aliphatic carbocycles. The molecule has 0 radical (unpaired) electrons. The van der Waals surface area contributed by atoms with Crippen molar-refractivity contribution in [3.63, 3.8) is 0 Å². The molecular formula is C46H78N2O6S. The van der Waals surface area contributed by atoms with Gasteiger partial charge in [0.25, 0.3) is 5.24 Å². The number of rotatable bonds is 23. The number of nitrogens with zero attached hydrogens (tertiary/aromatic N) is 2. The van der Waals surface area contributed by atoms with E-state index in [0.717, 1.165) is 110 Å². The number of ether oxygens (including phenoxy) is 3. The van der Waals surface area contributed by atoms with Gasteiger partial charge in [-0.1, -0.05) is 90.8 Å². The Morgan fingerprint density at radius 2 is 1.47 bits per heavy atom. The predicted molar refractivity (Wildman–Crippen MR) is 228 cm³/mol. The summed E-state index contributed by atoms with van der Waals surface area (Å²) in [5.74, 6) is 4.43. The first kappa shape index (κ1) is 47.1. The molecule has 4 unspecified atom stereocenters. The van der Waals surface area contributed by atoms with Crippen LogP contribution >= 0.6 is 11.8 Å². The molecule has 4 atom stereocenters. The molecule has 0 spiro atoms. The molecule has 1 fully saturated rings. The SMILES string of the molecule is CCC(C)CCCC(C)CCCC(C)CCCC1(C)CCc2c(C)c(OC(=O)CCC(=O)OCCC3CCN(C(=O)SCCN(C)C)CC3)c(C)c(C)c2O1. The number of hydrogen-bond acceptors (Lipinski definition) is 8.